The largest absolute Gasteiger partial charge is 0.481 e. The molecule has 2 unspecified atom stereocenters. The molecule has 1 aromatic heterocycles. The van der Waals surface area contributed by atoms with Crippen molar-refractivity contribution in [3.8, 4) is 0 Å². The van der Waals surface area contributed by atoms with Gasteiger partial charge in [-0.05, 0) is 47.6 Å². The Balaban J connectivity index is 1.69. The predicted octanol–water partition coefficient (Wildman–Crippen LogP) is 3.67. The number of hydrogen-bond donors (Lipinski definition) is 2. The van der Waals surface area contributed by atoms with E-state index in [4.69, 9.17) is 5.11 Å². The van der Waals surface area contributed by atoms with Crippen LogP contribution in [-0.2, 0) is 22.4 Å². The monoisotopic (exact) mass is 375 g/mol. The van der Waals surface area contributed by atoms with Crippen LogP contribution in [0.2, 0.25) is 0 Å². The number of aliphatic carboxylic acids is 1. The fraction of sp³-hybridized carbons (Fsp3) is 0.368. The second-order valence-electron chi connectivity index (χ2n) is 6.13. The lowest BCUT2D eigenvalue weighted by Crippen LogP contribution is -2.39. The molecule has 1 aromatic carbocycles. The summed E-state index contributed by atoms with van der Waals surface area (Å²) < 4.78 is 0. The van der Waals surface area contributed by atoms with E-state index in [1.807, 2.05) is 41.8 Å². The van der Waals surface area contributed by atoms with Crippen LogP contribution < -0.4 is 5.32 Å². The number of carboxylic acid groups (broad SMARTS) is 1. The highest BCUT2D eigenvalue weighted by atomic mass is 32.2. The van der Waals surface area contributed by atoms with Gasteiger partial charge >= 0.3 is 5.97 Å². The van der Waals surface area contributed by atoms with Crippen molar-refractivity contribution >= 4 is 35.0 Å². The summed E-state index contributed by atoms with van der Waals surface area (Å²) in [6.07, 6.45) is 2.16. The molecule has 2 heterocycles. The van der Waals surface area contributed by atoms with Gasteiger partial charge in [-0.2, -0.15) is 0 Å². The number of amides is 1. The number of aryl methyl sites for hydroxylation is 1. The topological polar surface area (TPSA) is 66.4 Å². The molecule has 0 saturated carbocycles. The number of hydrogen-bond acceptors (Lipinski definition) is 4. The summed E-state index contributed by atoms with van der Waals surface area (Å²) in [5.74, 6) is 0.111. The maximum Gasteiger partial charge on any atom is 0.303 e. The molecule has 2 atom stereocenters. The highest BCUT2D eigenvalue weighted by Crippen LogP contribution is 2.39. The molecule has 2 aromatic rings. The van der Waals surface area contributed by atoms with Gasteiger partial charge in [0.25, 0.3) is 0 Å². The fourth-order valence-corrected chi connectivity index (χ4v) is 5.36. The minimum Gasteiger partial charge on any atom is -0.481 e. The molecule has 25 heavy (non-hydrogen) atoms. The number of thioether (sulfide) groups is 1. The van der Waals surface area contributed by atoms with Gasteiger partial charge in [0.15, 0.2) is 0 Å². The van der Waals surface area contributed by atoms with E-state index in [1.165, 1.54) is 4.88 Å². The first kappa shape index (κ1) is 18.0. The zero-order valence-corrected chi connectivity index (χ0v) is 15.4. The average Bonchev–Trinajstić information content (AvgIpc) is 3.09. The summed E-state index contributed by atoms with van der Waals surface area (Å²) >= 11 is 3.38. The summed E-state index contributed by atoms with van der Waals surface area (Å²) in [5, 5.41) is 14.0. The molecular weight excluding hydrogens is 354 g/mol. The number of benzene rings is 1. The SMILES string of the molecule is O=C(O)CCC(Cc1ccccc1)NC(=O)C1SCCc2sccc21. The van der Waals surface area contributed by atoms with Gasteiger partial charge in [-0.25, -0.2) is 0 Å². The summed E-state index contributed by atoms with van der Waals surface area (Å²) in [5.41, 5.74) is 2.22. The third kappa shape index (κ3) is 4.86. The van der Waals surface area contributed by atoms with Crippen LogP contribution in [0.5, 0.6) is 0 Å². The number of fused-ring (bicyclic) bond motifs is 1. The molecule has 1 aliphatic heterocycles. The summed E-state index contributed by atoms with van der Waals surface area (Å²) in [6.45, 7) is 0. The van der Waals surface area contributed by atoms with E-state index in [0.29, 0.717) is 12.8 Å². The van der Waals surface area contributed by atoms with Gasteiger partial charge in [-0.15, -0.1) is 23.1 Å². The van der Waals surface area contributed by atoms with Crippen molar-refractivity contribution in [2.45, 2.75) is 37.0 Å². The zero-order valence-electron chi connectivity index (χ0n) is 13.8. The van der Waals surface area contributed by atoms with Crippen LogP contribution in [0.25, 0.3) is 0 Å². The lowest BCUT2D eigenvalue weighted by molar-refractivity contribution is -0.137. The minimum absolute atomic E-state index is 0.00401. The van der Waals surface area contributed by atoms with Crippen molar-refractivity contribution in [2.75, 3.05) is 5.75 Å². The number of nitrogens with one attached hydrogen (secondary N) is 1. The Morgan fingerprint density at radius 1 is 1.24 bits per heavy atom. The third-order valence-electron chi connectivity index (χ3n) is 4.29. The Bertz CT molecular complexity index is 729. The molecule has 0 radical (unpaired) electrons. The molecule has 4 nitrogen and oxygen atoms in total. The predicted molar refractivity (Wildman–Crippen MR) is 102 cm³/mol. The summed E-state index contributed by atoms with van der Waals surface area (Å²) in [4.78, 5) is 25.1. The van der Waals surface area contributed by atoms with Gasteiger partial charge in [-0.1, -0.05) is 30.3 Å². The van der Waals surface area contributed by atoms with Crippen molar-refractivity contribution in [2.24, 2.45) is 0 Å². The molecule has 2 N–H and O–H groups in total. The van der Waals surface area contributed by atoms with E-state index in [1.54, 1.807) is 23.1 Å². The summed E-state index contributed by atoms with van der Waals surface area (Å²) in [6, 6.07) is 11.7. The fourth-order valence-electron chi connectivity index (χ4n) is 3.06. The second-order valence-corrected chi connectivity index (χ2v) is 8.34. The molecule has 0 saturated heterocycles. The van der Waals surface area contributed by atoms with E-state index < -0.39 is 5.97 Å². The lowest BCUT2D eigenvalue weighted by Gasteiger charge is -2.25. The highest BCUT2D eigenvalue weighted by molar-refractivity contribution is 8.00. The molecule has 6 heteroatoms. The molecule has 0 fully saturated rings. The van der Waals surface area contributed by atoms with Crippen LogP contribution >= 0.6 is 23.1 Å². The van der Waals surface area contributed by atoms with Crippen molar-refractivity contribution in [3.05, 3.63) is 57.8 Å². The van der Waals surface area contributed by atoms with Crippen LogP contribution in [0.1, 0.15) is 34.1 Å². The normalized spacial score (nSPS) is 17.5. The molecule has 0 spiro atoms. The Hall–Kier alpha value is -1.79. The Morgan fingerprint density at radius 2 is 2.04 bits per heavy atom. The van der Waals surface area contributed by atoms with Crippen molar-refractivity contribution < 1.29 is 14.7 Å². The number of carbonyl (C=O) groups excluding carboxylic acids is 1. The first-order chi connectivity index (χ1) is 12.1. The molecule has 0 aliphatic carbocycles. The van der Waals surface area contributed by atoms with Crippen LogP contribution in [0.3, 0.4) is 0 Å². The van der Waals surface area contributed by atoms with Crippen molar-refractivity contribution in [3.63, 3.8) is 0 Å². The van der Waals surface area contributed by atoms with Gasteiger partial charge in [0.05, 0.1) is 0 Å². The average molecular weight is 376 g/mol. The maximum absolute atomic E-state index is 12.8. The van der Waals surface area contributed by atoms with Crippen molar-refractivity contribution in [1.82, 2.24) is 5.32 Å². The van der Waals surface area contributed by atoms with Gasteiger partial charge in [0.1, 0.15) is 5.25 Å². The molecule has 0 bridgehead atoms. The molecule has 1 amide bonds. The second kappa shape index (κ2) is 8.54. The van der Waals surface area contributed by atoms with Gasteiger partial charge in [-0.3, -0.25) is 9.59 Å². The van der Waals surface area contributed by atoms with Crippen LogP contribution in [-0.4, -0.2) is 28.8 Å². The van der Waals surface area contributed by atoms with Crippen LogP contribution in [0.4, 0.5) is 0 Å². The number of carbonyl (C=O) groups is 2. The van der Waals surface area contributed by atoms with Gasteiger partial charge in [0, 0.05) is 17.3 Å². The van der Waals surface area contributed by atoms with E-state index in [2.05, 4.69) is 5.32 Å². The molecular formula is C19H21NO3S2. The Labute approximate surface area is 155 Å². The van der Waals surface area contributed by atoms with Crippen LogP contribution in [0.15, 0.2) is 41.8 Å². The van der Waals surface area contributed by atoms with Gasteiger partial charge < -0.3 is 10.4 Å². The van der Waals surface area contributed by atoms with Gasteiger partial charge in [0.2, 0.25) is 5.91 Å². The molecule has 3 rings (SSSR count). The molecule has 132 valence electrons. The Kier molecular flexibility index (Phi) is 6.15. The third-order valence-corrected chi connectivity index (χ3v) is 6.53. The smallest absolute Gasteiger partial charge is 0.303 e. The standard InChI is InChI=1S/C19H21NO3S2/c21-17(22)7-6-14(12-13-4-2-1-3-5-13)20-19(23)18-15-8-10-24-16(15)9-11-25-18/h1-5,8,10,14,18H,6-7,9,11-12H2,(H,20,23)(H,21,22). The molecule has 1 aliphatic rings. The summed E-state index contributed by atoms with van der Waals surface area (Å²) in [7, 11) is 0. The van der Waals surface area contributed by atoms with E-state index in [-0.39, 0.29) is 23.6 Å². The van der Waals surface area contributed by atoms with Crippen molar-refractivity contribution in [1.29, 1.82) is 0 Å². The van der Waals surface area contributed by atoms with E-state index in [9.17, 15) is 9.59 Å². The minimum atomic E-state index is -0.834. The lowest BCUT2D eigenvalue weighted by atomic mass is 10.0. The first-order valence-corrected chi connectivity index (χ1v) is 10.3. The van der Waals surface area contributed by atoms with E-state index in [0.717, 1.165) is 23.3 Å². The maximum atomic E-state index is 12.8. The number of rotatable bonds is 7. The van der Waals surface area contributed by atoms with E-state index >= 15 is 0 Å². The van der Waals surface area contributed by atoms with Crippen LogP contribution in [0, 0.1) is 0 Å². The first-order valence-electron chi connectivity index (χ1n) is 8.37. The number of thiophene rings is 1. The zero-order chi connectivity index (χ0) is 17.6. The number of carboxylic acids is 1. The quantitative estimate of drug-likeness (QED) is 0.775. The highest BCUT2D eigenvalue weighted by Gasteiger charge is 2.29. The Morgan fingerprint density at radius 3 is 2.80 bits per heavy atom.